The summed E-state index contributed by atoms with van der Waals surface area (Å²) in [5.41, 5.74) is 0.291. The number of para-hydroxylation sites is 3. The van der Waals surface area contributed by atoms with Crippen molar-refractivity contribution in [1.82, 2.24) is 19.3 Å². The summed E-state index contributed by atoms with van der Waals surface area (Å²) in [4.78, 5) is 17.0. The van der Waals surface area contributed by atoms with Gasteiger partial charge >= 0.3 is 0 Å². The highest BCUT2D eigenvalue weighted by Crippen LogP contribution is 2.26. The van der Waals surface area contributed by atoms with Crippen molar-refractivity contribution in [3.05, 3.63) is 64.7 Å². The maximum absolute atomic E-state index is 12.6. The minimum absolute atomic E-state index is 0.0655. The number of aromatic nitrogens is 4. The zero-order valence-electron chi connectivity index (χ0n) is 13.4. The highest BCUT2D eigenvalue weighted by Gasteiger charge is 2.15. The van der Waals surface area contributed by atoms with Crippen molar-refractivity contribution in [3.63, 3.8) is 0 Å². The van der Waals surface area contributed by atoms with Gasteiger partial charge in [0, 0.05) is 0 Å². The number of fused-ring (bicyclic) bond motifs is 2. The predicted octanol–water partition coefficient (Wildman–Crippen LogP) is 1.35. The molecule has 8 nitrogen and oxygen atoms in total. The minimum Gasteiger partial charge on any atom is -0.493 e. The molecule has 8 heteroatoms. The summed E-state index contributed by atoms with van der Waals surface area (Å²) in [5.74, 6) is 7.83. The fourth-order valence-corrected chi connectivity index (χ4v) is 2.62. The molecule has 0 bridgehead atoms. The van der Waals surface area contributed by atoms with Crippen LogP contribution in [0.3, 0.4) is 0 Å². The number of benzene rings is 2. The summed E-state index contributed by atoms with van der Waals surface area (Å²) in [6, 6.07) is 14.3. The molecular weight excluding hydrogens is 322 g/mol. The second-order valence-corrected chi connectivity index (χ2v) is 5.37. The van der Waals surface area contributed by atoms with Crippen LogP contribution in [0.1, 0.15) is 5.82 Å². The molecule has 0 aliphatic carbocycles. The Morgan fingerprint density at radius 3 is 2.60 bits per heavy atom. The lowest BCUT2D eigenvalue weighted by molar-refractivity contribution is 0.273. The number of nitrogens with zero attached hydrogens (tertiary/aromatic N) is 4. The van der Waals surface area contributed by atoms with Crippen molar-refractivity contribution in [2.24, 2.45) is 0 Å². The lowest BCUT2D eigenvalue weighted by atomic mass is 10.2. The molecule has 4 aromatic rings. The molecule has 126 valence electrons. The normalized spacial score (nSPS) is 11.1. The van der Waals surface area contributed by atoms with E-state index < -0.39 is 0 Å². The van der Waals surface area contributed by atoms with Crippen LogP contribution in [-0.4, -0.2) is 26.4 Å². The van der Waals surface area contributed by atoms with E-state index in [0.717, 1.165) is 0 Å². The molecule has 0 fully saturated rings. The third-order valence-corrected chi connectivity index (χ3v) is 3.87. The molecular formula is C17H15N5O3. The van der Waals surface area contributed by atoms with Crippen LogP contribution >= 0.6 is 0 Å². The molecule has 0 aliphatic heterocycles. The smallest absolute Gasteiger partial charge is 0.283 e. The van der Waals surface area contributed by atoms with Crippen LogP contribution in [0.4, 0.5) is 0 Å². The first kappa shape index (κ1) is 15.0. The van der Waals surface area contributed by atoms with Crippen molar-refractivity contribution in [1.29, 1.82) is 0 Å². The maximum Gasteiger partial charge on any atom is 0.283 e. The Hall–Kier alpha value is -3.55. The molecule has 0 saturated heterocycles. The first-order valence-electron chi connectivity index (χ1n) is 7.59. The van der Waals surface area contributed by atoms with Gasteiger partial charge in [-0.25, -0.2) is 9.66 Å². The van der Waals surface area contributed by atoms with E-state index in [4.69, 9.17) is 15.3 Å². The van der Waals surface area contributed by atoms with Gasteiger partial charge in [-0.3, -0.25) is 4.79 Å². The molecule has 2 aromatic heterocycles. The number of rotatable bonds is 4. The topological polar surface area (TPSA) is 96.7 Å². The van der Waals surface area contributed by atoms with Crippen LogP contribution in [0.5, 0.6) is 11.5 Å². The van der Waals surface area contributed by atoms with E-state index in [1.807, 2.05) is 18.2 Å². The molecule has 0 spiro atoms. The first-order valence-corrected chi connectivity index (χ1v) is 7.59. The van der Waals surface area contributed by atoms with E-state index in [0.29, 0.717) is 28.2 Å². The standard InChI is InChI=1S/C17H15N5O3/c1-24-13-8-4-5-9-14(13)25-10-15-20-22-16(23)11-6-2-3-7-12(11)19-17(22)21(15)18/h2-9H,10,18H2,1H3. The second-order valence-electron chi connectivity index (χ2n) is 5.37. The van der Waals surface area contributed by atoms with Gasteiger partial charge in [0.15, 0.2) is 17.3 Å². The Kier molecular flexibility index (Phi) is 3.50. The van der Waals surface area contributed by atoms with Crippen LogP contribution in [0.2, 0.25) is 0 Å². The average Bonchev–Trinajstić information content (AvgIpc) is 2.97. The number of hydrogen-bond acceptors (Lipinski definition) is 6. The molecule has 0 unspecified atom stereocenters. The minimum atomic E-state index is -0.275. The van der Waals surface area contributed by atoms with Crippen LogP contribution < -0.4 is 20.9 Å². The van der Waals surface area contributed by atoms with Gasteiger partial charge in [-0.2, -0.15) is 4.52 Å². The van der Waals surface area contributed by atoms with Gasteiger partial charge in [0.25, 0.3) is 11.3 Å². The van der Waals surface area contributed by atoms with E-state index in [-0.39, 0.29) is 17.9 Å². The van der Waals surface area contributed by atoms with Gasteiger partial charge in [-0.15, -0.1) is 5.10 Å². The van der Waals surface area contributed by atoms with E-state index in [1.165, 1.54) is 9.19 Å². The second kappa shape index (κ2) is 5.82. The van der Waals surface area contributed by atoms with E-state index >= 15 is 0 Å². The van der Waals surface area contributed by atoms with Crippen molar-refractivity contribution in [2.45, 2.75) is 6.61 Å². The van der Waals surface area contributed by atoms with Crippen LogP contribution in [0.25, 0.3) is 16.7 Å². The largest absolute Gasteiger partial charge is 0.493 e. The molecule has 4 rings (SSSR count). The third kappa shape index (κ3) is 2.44. The van der Waals surface area contributed by atoms with Gasteiger partial charge < -0.3 is 15.3 Å². The predicted molar refractivity (Wildman–Crippen MR) is 92.2 cm³/mol. The quantitative estimate of drug-likeness (QED) is 0.565. The molecule has 2 aromatic carbocycles. The highest BCUT2D eigenvalue weighted by molar-refractivity contribution is 5.78. The van der Waals surface area contributed by atoms with Crippen molar-refractivity contribution in [3.8, 4) is 11.5 Å². The molecule has 0 atom stereocenters. The van der Waals surface area contributed by atoms with Crippen molar-refractivity contribution in [2.75, 3.05) is 13.0 Å². The van der Waals surface area contributed by atoms with E-state index in [2.05, 4.69) is 10.1 Å². The lowest BCUT2D eigenvalue weighted by Gasteiger charge is -2.09. The number of hydrogen-bond donors (Lipinski definition) is 1. The fraction of sp³-hybridized carbons (Fsp3) is 0.118. The van der Waals surface area contributed by atoms with Gasteiger partial charge in [0.05, 0.1) is 18.0 Å². The van der Waals surface area contributed by atoms with E-state index in [1.54, 1.807) is 37.4 Å². The number of methoxy groups -OCH3 is 1. The molecule has 2 N–H and O–H groups in total. The first-order chi connectivity index (χ1) is 12.2. The Bertz CT molecular complexity index is 1130. The van der Waals surface area contributed by atoms with Gasteiger partial charge in [-0.05, 0) is 24.3 Å². The molecule has 0 amide bonds. The lowest BCUT2D eigenvalue weighted by Crippen LogP contribution is -2.18. The Labute approximate surface area is 142 Å². The monoisotopic (exact) mass is 337 g/mol. The van der Waals surface area contributed by atoms with Crippen LogP contribution in [0, 0.1) is 0 Å². The SMILES string of the molecule is COc1ccccc1OCc1nn2c(=O)c3ccccc3nc2n1N. The number of nitrogen functional groups attached to an aromatic ring is 1. The Morgan fingerprint density at radius 2 is 1.80 bits per heavy atom. The van der Waals surface area contributed by atoms with Crippen LogP contribution in [-0.2, 0) is 6.61 Å². The average molecular weight is 337 g/mol. The Morgan fingerprint density at radius 1 is 1.08 bits per heavy atom. The van der Waals surface area contributed by atoms with Crippen molar-refractivity contribution < 1.29 is 9.47 Å². The summed E-state index contributed by atoms with van der Waals surface area (Å²) in [7, 11) is 1.56. The number of nitrogens with two attached hydrogens (primary N) is 1. The van der Waals surface area contributed by atoms with Crippen LogP contribution in [0.15, 0.2) is 53.3 Å². The molecule has 0 radical (unpaired) electrons. The zero-order valence-corrected chi connectivity index (χ0v) is 13.4. The zero-order chi connectivity index (χ0) is 17.4. The summed E-state index contributed by atoms with van der Waals surface area (Å²) < 4.78 is 13.4. The summed E-state index contributed by atoms with van der Waals surface area (Å²) >= 11 is 0. The fourth-order valence-electron chi connectivity index (χ4n) is 2.62. The Balaban J connectivity index is 1.75. The van der Waals surface area contributed by atoms with Gasteiger partial charge in [0.2, 0.25) is 0 Å². The molecule has 2 heterocycles. The third-order valence-electron chi connectivity index (χ3n) is 3.87. The molecule has 0 saturated carbocycles. The van der Waals surface area contributed by atoms with E-state index in [9.17, 15) is 4.79 Å². The summed E-state index contributed by atoms with van der Waals surface area (Å²) in [6.07, 6.45) is 0. The number of ether oxygens (including phenoxy) is 2. The summed E-state index contributed by atoms with van der Waals surface area (Å²) in [5, 5.41) is 4.73. The molecule has 25 heavy (non-hydrogen) atoms. The van der Waals surface area contributed by atoms with Gasteiger partial charge in [-0.1, -0.05) is 24.3 Å². The van der Waals surface area contributed by atoms with Gasteiger partial charge in [0.1, 0.15) is 6.61 Å². The molecule has 0 aliphatic rings. The highest BCUT2D eigenvalue weighted by atomic mass is 16.5. The summed E-state index contributed by atoms with van der Waals surface area (Å²) in [6.45, 7) is 0.0655. The van der Waals surface area contributed by atoms with Crippen molar-refractivity contribution >= 4 is 16.7 Å². The maximum atomic E-state index is 12.6.